The number of benzene rings is 2. The zero-order valence-electron chi connectivity index (χ0n) is 12.7. The zero-order valence-corrected chi connectivity index (χ0v) is 12.7. The molecule has 2 heterocycles. The standard InChI is InChI=1S/C19H17NO3/c21-18-10-9-17(23-18)19(22)20-11-13-5-1-3-7-15(13)16-8-4-2-6-14(16)12-20/h1-8,17H,9-12H2/t17-/m1/s1. The number of ether oxygens (including phenoxy) is 1. The molecule has 0 saturated carbocycles. The van der Waals surface area contributed by atoms with Gasteiger partial charge in [-0.25, -0.2) is 0 Å². The van der Waals surface area contributed by atoms with Crippen molar-refractivity contribution in [2.45, 2.75) is 32.0 Å². The lowest BCUT2D eigenvalue weighted by Gasteiger charge is -2.24. The normalized spacial score (nSPS) is 19.6. The molecule has 0 unspecified atom stereocenters. The maximum atomic E-state index is 12.8. The number of cyclic esters (lactones) is 1. The van der Waals surface area contributed by atoms with Crippen LogP contribution in [0.5, 0.6) is 0 Å². The van der Waals surface area contributed by atoms with Crippen molar-refractivity contribution in [1.29, 1.82) is 0 Å². The Balaban J connectivity index is 1.72. The van der Waals surface area contributed by atoms with E-state index in [-0.39, 0.29) is 11.9 Å². The average molecular weight is 307 g/mol. The quantitative estimate of drug-likeness (QED) is 0.761. The highest BCUT2D eigenvalue weighted by Crippen LogP contribution is 2.33. The van der Waals surface area contributed by atoms with E-state index in [0.717, 1.165) is 11.1 Å². The highest BCUT2D eigenvalue weighted by Gasteiger charge is 2.34. The Morgan fingerprint density at radius 3 is 2.04 bits per heavy atom. The topological polar surface area (TPSA) is 46.6 Å². The molecular weight excluding hydrogens is 290 g/mol. The van der Waals surface area contributed by atoms with Gasteiger partial charge < -0.3 is 9.64 Å². The van der Waals surface area contributed by atoms with Gasteiger partial charge in [0.1, 0.15) is 0 Å². The van der Waals surface area contributed by atoms with Gasteiger partial charge in [0.2, 0.25) is 0 Å². The molecule has 1 atom stereocenters. The van der Waals surface area contributed by atoms with Crippen molar-refractivity contribution in [3.05, 3.63) is 59.7 Å². The monoisotopic (exact) mass is 307 g/mol. The van der Waals surface area contributed by atoms with Gasteiger partial charge in [-0.2, -0.15) is 0 Å². The molecule has 1 saturated heterocycles. The zero-order chi connectivity index (χ0) is 15.8. The SMILES string of the molecule is O=C1CC[C@H](C(=O)N2Cc3ccccc3-c3ccccc3C2)O1. The van der Waals surface area contributed by atoms with Gasteiger partial charge in [0.25, 0.3) is 5.91 Å². The number of amides is 1. The Morgan fingerprint density at radius 2 is 1.52 bits per heavy atom. The summed E-state index contributed by atoms with van der Waals surface area (Å²) in [6, 6.07) is 16.3. The summed E-state index contributed by atoms with van der Waals surface area (Å²) in [4.78, 5) is 25.9. The number of esters is 1. The second-order valence-corrected chi connectivity index (χ2v) is 6.03. The number of nitrogens with zero attached hydrogens (tertiary/aromatic N) is 1. The van der Waals surface area contributed by atoms with E-state index in [2.05, 4.69) is 24.3 Å². The molecule has 0 radical (unpaired) electrons. The maximum Gasteiger partial charge on any atom is 0.306 e. The second-order valence-electron chi connectivity index (χ2n) is 6.03. The van der Waals surface area contributed by atoms with Crippen LogP contribution in [-0.2, 0) is 27.4 Å². The van der Waals surface area contributed by atoms with Crippen LogP contribution >= 0.6 is 0 Å². The molecule has 23 heavy (non-hydrogen) atoms. The van der Waals surface area contributed by atoms with Gasteiger partial charge in [0.15, 0.2) is 6.10 Å². The maximum absolute atomic E-state index is 12.8. The molecule has 4 heteroatoms. The summed E-state index contributed by atoms with van der Waals surface area (Å²) in [7, 11) is 0. The molecule has 0 spiro atoms. The van der Waals surface area contributed by atoms with Crippen LogP contribution in [0.15, 0.2) is 48.5 Å². The minimum Gasteiger partial charge on any atom is -0.452 e. The van der Waals surface area contributed by atoms with Crippen LogP contribution in [0.1, 0.15) is 24.0 Å². The summed E-state index contributed by atoms with van der Waals surface area (Å²) < 4.78 is 5.16. The minimum absolute atomic E-state index is 0.0950. The van der Waals surface area contributed by atoms with E-state index < -0.39 is 6.10 Å². The number of carbonyl (C=O) groups excluding carboxylic acids is 2. The predicted molar refractivity (Wildman–Crippen MR) is 85.2 cm³/mol. The van der Waals surface area contributed by atoms with E-state index in [4.69, 9.17) is 4.74 Å². The average Bonchev–Trinajstić information content (AvgIpc) is 2.93. The second kappa shape index (κ2) is 5.54. The number of fused-ring (bicyclic) bond motifs is 3. The predicted octanol–water partition coefficient (Wildman–Crippen LogP) is 2.90. The molecule has 0 bridgehead atoms. The van der Waals surface area contributed by atoms with Crippen LogP contribution in [0.4, 0.5) is 0 Å². The Labute approximate surface area is 134 Å². The molecule has 116 valence electrons. The van der Waals surface area contributed by atoms with Crippen LogP contribution in [0, 0.1) is 0 Å². The van der Waals surface area contributed by atoms with Gasteiger partial charge in [-0.05, 0) is 22.3 Å². The molecule has 0 N–H and O–H groups in total. The van der Waals surface area contributed by atoms with Crippen LogP contribution in [0.25, 0.3) is 11.1 Å². The van der Waals surface area contributed by atoms with E-state index in [1.54, 1.807) is 4.90 Å². The number of hydrogen-bond donors (Lipinski definition) is 0. The number of hydrogen-bond acceptors (Lipinski definition) is 3. The molecule has 0 aromatic heterocycles. The van der Waals surface area contributed by atoms with Gasteiger partial charge in [0, 0.05) is 25.9 Å². The third kappa shape index (κ3) is 2.50. The van der Waals surface area contributed by atoms with Gasteiger partial charge >= 0.3 is 5.97 Å². The van der Waals surface area contributed by atoms with Gasteiger partial charge in [-0.1, -0.05) is 48.5 Å². The summed E-state index contributed by atoms with van der Waals surface area (Å²) in [5.74, 6) is -0.374. The van der Waals surface area contributed by atoms with Crippen molar-refractivity contribution in [3.63, 3.8) is 0 Å². The third-order valence-corrected chi connectivity index (χ3v) is 4.52. The first-order chi connectivity index (χ1) is 11.2. The molecule has 2 aliphatic heterocycles. The molecule has 1 amide bonds. The van der Waals surface area contributed by atoms with E-state index >= 15 is 0 Å². The van der Waals surface area contributed by atoms with E-state index in [0.29, 0.717) is 25.9 Å². The molecule has 2 aromatic carbocycles. The Bertz CT molecular complexity index is 736. The lowest BCUT2D eigenvalue weighted by atomic mass is 9.97. The van der Waals surface area contributed by atoms with Gasteiger partial charge in [-0.3, -0.25) is 9.59 Å². The lowest BCUT2D eigenvalue weighted by molar-refractivity contribution is -0.153. The van der Waals surface area contributed by atoms with Gasteiger partial charge in [0.05, 0.1) is 0 Å². The van der Waals surface area contributed by atoms with Crippen molar-refractivity contribution in [2.24, 2.45) is 0 Å². The summed E-state index contributed by atoms with van der Waals surface area (Å²) in [6.07, 6.45) is 0.189. The van der Waals surface area contributed by atoms with Crippen LogP contribution in [0.2, 0.25) is 0 Å². The van der Waals surface area contributed by atoms with E-state index in [1.807, 2.05) is 24.3 Å². The number of rotatable bonds is 1. The first kappa shape index (κ1) is 14.0. The van der Waals surface area contributed by atoms with Crippen LogP contribution in [0.3, 0.4) is 0 Å². The highest BCUT2D eigenvalue weighted by molar-refractivity contribution is 5.87. The van der Waals surface area contributed by atoms with E-state index in [1.165, 1.54) is 11.1 Å². The Hall–Kier alpha value is -2.62. The summed E-state index contributed by atoms with van der Waals surface area (Å²) >= 11 is 0. The molecule has 2 aliphatic rings. The van der Waals surface area contributed by atoms with Crippen LogP contribution in [-0.4, -0.2) is 22.9 Å². The fraction of sp³-hybridized carbons (Fsp3) is 0.263. The Morgan fingerprint density at radius 1 is 0.957 bits per heavy atom. The smallest absolute Gasteiger partial charge is 0.306 e. The summed E-state index contributed by atoms with van der Waals surface area (Å²) in [5, 5.41) is 0. The molecule has 0 aliphatic carbocycles. The molecule has 1 fully saturated rings. The summed E-state index contributed by atoms with van der Waals surface area (Å²) in [5.41, 5.74) is 4.58. The third-order valence-electron chi connectivity index (χ3n) is 4.52. The van der Waals surface area contributed by atoms with E-state index in [9.17, 15) is 9.59 Å². The van der Waals surface area contributed by atoms with Crippen molar-refractivity contribution in [3.8, 4) is 11.1 Å². The molecular formula is C19H17NO3. The first-order valence-electron chi connectivity index (χ1n) is 7.87. The minimum atomic E-state index is -0.625. The fourth-order valence-electron chi connectivity index (χ4n) is 3.37. The van der Waals surface area contributed by atoms with Crippen molar-refractivity contribution in [2.75, 3.05) is 0 Å². The summed E-state index contributed by atoms with van der Waals surface area (Å²) in [6.45, 7) is 1.08. The molecule has 2 aromatic rings. The largest absolute Gasteiger partial charge is 0.452 e. The van der Waals surface area contributed by atoms with Crippen molar-refractivity contribution in [1.82, 2.24) is 4.90 Å². The first-order valence-corrected chi connectivity index (χ1v) is 7.87. The molecule has 4 rings (SSSR count). The highest BCUT2D eigenvalue weighted by atomic mass is 16.6. The van der Waals surface area contributed by atoms with Crippen molar-refractivity contribution < 1.29 is 14.3 Å². The fourth-order valence-corrected chi connectivity index (χ4v) is 3.37. The molecule has 4 nitrogen and oxygen atoms in total. The lowest BCUT2D eigenvalue weighted by Crippen LogP contribution is -2.37. The van der Waals surface area contributed by atoms with Crippen LogP contribution < -0.4 is 0 Å². The number of carbonyl (C=O) groups is 2. The van der Waals surface area contributed by atoms with Crippen molar-refractivity contribution >= 4 is 11.9 Å². The Kier molecular flexibility index (Phi) is 3.37. The van der Waals surface area contributed by atoms with Gasteiger partial charge in [-0.15, -0.1) is 0 Å².